The lowest BCUT2D eigenvalue weighted by atomic mass is 10.4. The van der Waals surface area contributed by atoms with Crippen molar-refractivity contribution in [2.45, 2.75) is 19.1 Å². The van der Waals surface area contributed by atoms with Gasteiger partial charge >= 0.3 is 0 Å². The van der Waals surface area contributed by atoms with Crippen LogP contribution in [0.1, 0.15) is 13.8 Å². The smallest absolute Gasteiger partial charge is 0.235 e. The zero-order valence-corrected chi connectivity index (χ0v) is 10.3. The molecule has 0 aliphatic rings. The monoisotopic (exact) mass is 278 g/mol. The fourth-order valence-electron chi connectivity index (χ4n) is 0.718. The molecule has 0 aliphatic carbocycles. The van der Waals surface area contributed by atoms with Crippen LogP contribution in [0.2, 0.25) is 0 Å². The van der Waals surface area contributed by atoms with Crippen molar-refractivity contribution in [2.24, 2.45) is 0 Å². The summed E-state index contributed by atoms with van der Waals surface area (Å²) in [5.41, 5.74) is 0.474. The fourth-order valence-corrected chi connectivity index (χ4v) is 1.64. The second kappa shape index (κ2) is 4.27. The number of hydrogen-bond donors (Lipinski definition) is 1. The Balaban J connectivity index is 2.85. The van der Waals surface area contributed by atoms with Crippen molar-refractivity contribution < 1.29 is 8.42 Å². The molecule has 0 spiro atoms. The number of rotatable bonds is 3. The summed E-state index contributed by atoms with van der Waals surface area (Å²) >= 11 is 3.17. The van der Waals surface area contributed by atoms with Gasteiger partial charge in [0.05, 0.1) is 17.1 Å². The highest BCUT2D eigenvalue weighted by Gasteiger charge is 2.15. The Bertz CT molecular complexity index is 400. The molecule has 0 fully saturated rings. The van der Waals surface area contributed by atoms with Gasteiger partial charge in [0.15, 0.2) is 0 Å². The molecule has 0 saturated heterocycles. The molecule has 0 amide bonds. The molecule has 1 aromatic rings. The number of anilines is 1. The van der Waals surface area contributed by atoms with E-state index in [1.54, 1.807) is 26.0 Å². The number of nitrogens with zero attached hydrogens (tertiary/aromatic N) is 1. The third-order valence-electron chi connectivity index (χ3n) is 1.61. The molecule has 0 bridgehead atoms. The van der Waals surface area contributed by atoms with Gasteiger partial charge in [0.1, 0.15) is 4.60 Å². The standard InChI is InChI=1S/C8H11BrN2O2S/c1-6(2)14(12,13)11-7-3-4-8(9)10-5-7/h3-6,11H,1-2H3. The maximum absolute atomic E-state index is 11.4. The van der Waals surface area contributed by atoms with Crippen LogP contribution >= 0.6 is 15.9 Å². The summed E-state index contributed by atoms with van der Waals surface area (Å²) in [6, 6.07) is 3.33. The first-order valence-corrected chi connectivity index (χ1v) is 6.39. The van der Waals surface area contributed by atoms with E-state index in [4.69, 9.17) is 0 Å². The zero-order chi connectivity index (χ0) is 10.8. The van der Waals surface area contributed by atoms with Gasteiger partial charge in [-0.2, -0.15) is 0 Å². The van der Waals surface area contributed by atoms with Crippen LogP contribution in [0.15, 0.2) is 22.9 Å². The molecular formula is C8H11BrN2O2S. The molecule has 1 heterocycles. The lowest BCUT2D eigenvalue weighted by Crippen LogP contribution is -2.22. The number of pyridine rings is 1. The Kier molecular flexibility index (Phi) is 3.49. The predicted molar refractivity (Wildman–Crippen MR) is 59.6 cm³/mol. The topological polar surface area (TPSA) is 59.1 Å². The van der Waals surface area contributed by atoms with Gasteiger partial charge in [-0.3, -0.25) is 4.72 Å². The Morgan fingerprint density at radius 3 is 2.50 bits per heavy atom. The van der Waals surface area contributed by atoms with Crippen molar-refractivity contribution >= 4 is 31.6 Å². The summed E-state index contributed by atoms with van der Waals surface area (Å²) in [7, 11) is -3.27. The van der Waals surface area contributed by atoms with E-state index >= 15 is 0 Å². The van der Waals surface area contributed by atoms with Gasteiger partial charge in [0.25, 0.3) is 0 Å². The molecule has 78 valence electrons. The maximum atomic E-state index is 11.4. The molecule has 1 aromatic heterocycles. The molecule has 0 aliphatic heterocycles. The van der Waals surface area contributed by atoms with Crippen molar-refractivity contribution in [3.63, 3.8) is 0 Å². The Labute approximate surface area is 91.9 Å². The molecule has 1 rings (SSSR count). The van der Waals surface area contributed by atoms with Crippen molar-refractivity contribution in [1.29, 1.82) is 0 Å². The molecule has 14 heavy (non-hydrogen) atoms. The van der Waals surface area contributed by atoms with Gasteiger partial charge in [-0.15, -0.1) is 0 Å². The van der Waals surface area contributed by atoms with E-state index in [0.29, 0.717) is 10.3 Å². The average Bonchev–Trinajstić information content (AvgIpc) is 2.08. The molecule has 0 atom stereocenters. The quantitative estimate of drug-likeness (QED) is 0.861. The molecule has 6 heteroatoms. The number of aromatic nitrogens is 1. The number of halogens is 1. The number of hydrogen-bond acceptors (Lipinski definition) is 3. The average molecular weight is 279 g/mol. The fraction of sp³-hybridized carbons (Fsp3) is 0.375. The summed E-state index contributed by atoms with van der Waals surface area (Å²) in [5.74, 6) is 0. The summed E-state index contributed by atoms with van der Waals surface area (Å²) in [5, 5.41) is -0.453. The van der Waals surface area contributed by atoms with Crippen molar-refractivity contribution in [3.8, 4) is 0 Å². The first kappa shape index (κ1) is 11.5. The summed E-state index contributed by atoms with van der Waals surface area (Å²) in [6.07, 6.45) is 1.46. The third kappa shape index (κ3) is 2.95. The van der Waals surface area contributed by atoms with Gasteiger partial charge in [-0.1, -0.05) is 0 Å². The van der Waals surface area contributed by atoms with E-state index in [2.05, 4.69) is 25.6 Å². The van der Waals surface area contributed by atoms with Crippen LogP contribution in [0, 0.1) is 0 Å². The second-order valence-corrected chi connectivity index (χ2v) is 6.11. The highest BCUT2D eigenvalue weighted by Crippen LogP contribution is 2.13. The normalized spacial score (nSPS) is 11.7. The van der Waals surface area contributed by atoms with Gasteiger partial charge in [-0.05, 0) is 41.9 Å². The zero-order valence-electron chi connectivity index (χ0n) is 7.86. The Morgan fingerprint density at radius 2 is 2.07 bits per heavy atom. The van der Waals surface area contributed by atoms with Crippen LogP contribution in [0.4, 0.5) is 5.69 Å². The minimum absolute atomic E-state index is 0.453. The minimum atomic E-state index is -3.27. The molecule has 0 aromatic carbocycles. The lowest BCUT2D eigenvalue weighted by Gasteiger charge is -2.09. The van der Waals surface area contributed by atoms with Crippen molar-refractivity contribution in [3.05, 3.63) is 22.9 Å². The molecule has 0 saturated carbocycles. The van der Waals surface area contributed by atoms with E-state index < -0.39 is 15.3 Å². The highest BCUT2D eigenvalue weighted by molar-refractivity contribution is 9.10. The van der Waals surface area contributed by atoms with E-state index in [-0.39, 0.29) is 0 Å². The Hall–Kier alpha value is -0.620. The summed E-state index contributed by atoms with van der Waals surface area (Å²) in [4.78, 5) is 3.91. The first-order chi connectivity index (χ1) is 6.42. The van der Waals surface area contributed by atoms with Crippen LogP contribution in [-0.4, -0.2) is 18.7 Å². The van der Waals surface area contributed by atoms with Crippen LogP contribution in [0.25, 0.3) is 0 Å². The first-order valence-electron chi connectivity index (χ1n) is 4.05. The third-order valence-corrected chi connectivity index (χ3v) is 3.84. The van der Waals surface area contributed by atoms with Crippen molar-refractivity contribution in [2.75, 3.05) is 4.72 Å². The van der Waals surface area contributed by atoms with Gasteiger partial charge < -0.3 is 0 Å². The summed E-state index contributed by atoms with van der Waals surface area (Å²) < 4.78 is 26.0. The van der Waals surface area contributed by atoms with Crippen LogP contribution < -0.4 is 4.72 Å². The SMILES string of the molecule is CC(C)S(=O)(=O)Nc1ccc(Br)nc1. The van der Waals surface area contributed by atoms with E-state index in [1.165, 1.54) is 6.20 Å². The van der Waals surface area contributed by atoms with Crippen LogP contribution in [0.3, 0.4) is 0 Å². The maximum Gasteiger partial charge on any atom is 0.235 e. The Morgan fingerprint density at radius 1 is 1.43 bits per heavy atom. The van der Waals surface area contributed by atoms with Crippen LogP contribution in [0.5, 0.6) is 0 Å². The molecule has 4 nitrogen and oxygen atoms in total. The molecule has 0 unspecified atom stereocenters. The molecule has 0 radical (unpaired) electrons. The van der Waals surface area contributed by atoms with E-state index in [9.17, 15) is 8.42 Å². The van der Waals surface area contributed by atoms with Crippen LogP contribution in [-0.2, 0) is 10.0 Å². The second-order valence-electron chi connectivity index (χ2n) is 3.07. The van der Waals surface area contributed by atoms with Crippen molar-refractivity contribution in [1.82, 2.24) is 4.98 Å². The van der Waals surface area contributed by atoms with Gasteiger partial charge in [-0.25, -0.2) is 13.4 Å². The predicted octanol–water partition coefficient (Wildman–Crippen LogP) is 1.99. The highest BCUT2D eigenvalue weighted by atomic mass is 79.9. The largest absolute Gasteiger partial charge is 0.282 e. The number of sulfonamides is 1. The van der Waals surface area contributed by atoms with Gasteiger partial charge in [0.2, 0.25) is 10.0 Å². The van der Waals surface area contributed by atoms with E-state index in [1.807, 2.05) is 0 Å². The lowest BCUT2D eigenvalue weighted by molar-refractivity contribution is 0.593. The molecular weight excluding hydrogens is 268 g/mol. The minimum Gasteiger partial charge on any atom is -0.282 e. The van der Waals surface area contributed by atoms with Gasteiger partial charge in [0, 0.05) is 0 Å². The summed E-state index contributed by atoms with van der Waals surface area (Å²) in [6.45, 7) is 3.24. The number of nitrogens with one attached hydrogen (secondary N) is 1. The molecule has 1 N–H and O–H groups in total. The van der Waals surface area contributed by atoms with E-state index in [0.717, 1.165) is 0 Å².